The molecule has 1 atom stereocenters. The van der Waals surface area contributed by atoms with Gasteiger partial charge in [0.2, 0.25) is 11.8 Å². The van der Waals surface area contributed by atoms with Gasteiger partial charge in [0, 0.05) is 20.5 Å². The third-order valence-electron chi connectivity index (χ3n) is 3.33. The van der Waals surface area contributed by atoms with Gasteiger partial charge >= 0.3 is 5.97 Å². The highest BCUT2D eigenvalue weighted by atomic mass is 16.4. The summed E-state index contributed by atoms with van der Waals surface area (Å²) in [6, 6.07) is 8.58. The van der Waals surface area contributed by atoms with Crippen molar-refractivity contribution in [1.29, 1.82) is 0 Å². The fourth-order valence-corrected chi connectivity index (χ4v) is 1.82. The van der Waals surface area contributed by atoms with Crippen molar-refractivity contribution in [2.75, 3.05) is 20.6 Å². The van der Waals surface area contributed by atoms with Crippen LogP contribution in [0.15, 0.2) is 30.3 Å². The molecule has 6 nitrogen and oxygen atoms in total. The molecule has 0 aromatic heterocycles. The van der Waals surface area contributed by atoms with Crippen molar-refractivity contribution >= 4 is 17.8 Å². The predicted octanol–water partition coefficient (Wildman–Crippen LogP) is 0.623. The van der Waals surface area contributed by atoms with Crippen LogP contribution in [0.2, 0.25) is 0 Å². The number of likely N-dealkylation sites (N-methyl/N-ethyl adjacent to an activating group) is 1. The molecule has 0 aliphatic heterocycles. The largest absolute Gasteiger partial charge is 0.481 e. The Kier molecular flexibility index (Phi) is 5.46. The summed E-state index contributed by atoms with van der Waals surface area (Å²) in [5, 5.41) is 11.9. The lowest BCUT2D eigenvalue weighted by Crippen LogP contribution is -2.42. The molecule has 114 valence electrons. The number of hydrogen-bond donors (Lipinski definition) is 2. The lowest BCUT2D eigenvalue weighted by atomic mass is 9.79. The molecule has 1 unspecified atom stereocenters. The Bertz CT molecular complexity index is 528. The summed E-state index contributed by atoms with van der Waals surface area (Å²) < 4.78 is 0. The molecule has 0 aliphatic carbocycles. The van der Waals surface area contributed by atoms with Gasteiger partial charge in [0.25, 0.3) is 0 Å². The topological polar surface area (TPSA) is 86.7 Å². The van der Waals surface area contributed by atoms with E-state index in [0.717, 1.165) is 0 Å². The van der Waals surface area contributed by atoms with Crippen molar-refractivity contribution in [2.45, 2.75) is 18.8 Å². The molecule has 2 amide bonds. The van der Waals surface area contributed by atoms with Gasteiger partial charge in [0.15, 0.2) is 0 Å². The van der Waals surface area contributed by atoms with Crippen LogP contribution >= 0.6 is 0 Å². The maximum Gasteiger partial charge on any atom is 0.314 e. The molecule has 21 heavy (non-hydrogen) atoms. The third kappa shape index (κ3) is 4.30. The first-order valence-corrected chi connectivity index (χ1v) is 6.53. The van der Waals surface area contributed by atoms with Crippen LogP contribution in [0.25, 0.3) is 0 Å². The SMILES string of the molecule is CN(C)C(=O)CNC(=O)CC(C)(C(=O)O)c1ccccc1. The number of hydrogen-bond acceptors (Lipinski definition) is 3. The standard InChI is InChI=1S/C15H20N2O4/c1-15(14(20)21,11-7-5-4-6-8-11)9-12(18)16-10-13(19)17(2)3/h4-8H,9-10H2,1-3H3,(H,16,18)(H,20,21). The van der Waals surface area contributed by atoms with Gasteiger partial charge in [-0.15, -0.1) is 0 Å². The number of carboxylic acids is 1. The van der Waals surface area contributed by atoms with E-state index < -0.39 is 17.3 Å². The van der Waals surface area contributed by atoms with Gasteiger partial charge in [-0.2, -0.15) is 0 Å². The van der Waals surface area contributed by atoms with Gasteiger partial charge < -0.3 is 15.3 Å². The molecule has 0 aliphatic rings. The Morgan fingerprint density at radius 3 is 2.24 bits per heavy atom. The van der Waals surface area contributed by atoms with E-state index in [2.05, 4.69) is 5.32 Å². The Morgan fingerprint density at radius 1 is 1.19 bits per heavy atom. The monoisotopic (exact) mass is 292 g/mol. The van der Waals surface area contributed by atoms with Crippen LogP contribution in [0, 0.1) is 0 Å². The molecule has 0 saturated carbocycles. The van der Waals surface area contributed by atoms with Crippen molar-refractivity contribution in [1.82, 2.24) is 10.2 Å². The fraction of sp³-hybridized carbons (Fsp3) is 0.400. The number of amides is 2. The molecule has 0 fully saturated rings. The minimum Gasteiger partial charge on any atom is -0.481 e. The summed E-state index contributed by atoms with van der Waals surface area (Å²) in [7, 11) is 3.17. The number of carboxylic acid groups (broad SMARTS) is 1. The second kappa shape index (κ2) is 6.88. The average molecular weight is 292 g/mol. The van der Waals surface area contributed by atoms with Crippen LogP contribution in [0.3, 0.4) is 0 Å². The van der Waals surface area contributed by atoms with Gasteiger partial charge in [0.05, 0.1) is 12.0 Å². The number of nitrogens with one attached hydrogen (secondary N) is 1. The van der Waals surface area contributed by atoms with Crippen LogP contribution in [0.4, 0.5) is 0 Å². The predicted molar refractivity (Wildman–Crippen MR) is 77.8 cm³/mol. The third-order valence-corrected chi connectivity index (χ3v) is 3.33. The summed E-state index contributed by atoms with van der Waals surface area (Å²) in [6.07, 6.45) is -0.229. The van der Waals surface area contributed by atoms with E-state index in [1.54, 1.807) is 44.4 Å². The zero-order chi connectivity index (χ0) is 16.0. The van der Waals surface area contributed by atoms with Crippen LogP contribution in [-0.2, 0) is 19.8 Å². The maximum absolute atomic E-state index is 11.9. The minimum absolute atomic E-state index is 0.143. The normalized spacial score (nSPS) is 13.1. The molecule has 0 heterocycles. The van der Waals surface area contributed by atoms with Crippen LogP contribution in [0.1, 0.15) is 18.9 Å². The second-order valence-corrected chi connectivity index (χ2v) is 5.24. The Hall–Kier alpha value is -2.37. The van der Waals surface area contributed by atoms with E-state index >= 15 is 0 Å². The molecule has 0 radical (unpaired) electrons. The highest BCUT2D eigenvalue weighted by molar-refractivity contribution is 5.90. The van der Waals surface area contributed by atoms with Crippen molar-refractivity contribution in [2.24, 2.45) is 0 Å². The molecule has 0 spiro atoms. The van der Waals surface area contributed by atoms with Crippen LogP contribution in [0.5, 0.6) is 0 Å². The Morgan fingerprint density at radius 2 is 1.76 bits per heavy atom. The zero-order valence-corrected chi connectivity index (χ0v) is 12.4. The lowest BCUT2D eigenvalue weighted by molar-refractivity contribution is -0.145. The maximum atomic E-state index is 11.9. The summed E-state index contributed by atoms with van der Waals surface area (Å²) >= 11 is 0. The number of carbonyl (C=O) groups is 3. The van der Waals surface area contributed by atoms with Gasteiger partial charge in [-0.05, 0) is 12.5 Å². The lowest BCUT2D eigenvalue weighted by Gasteiger charge is -2.24. The van der Waals surface area contributed by atoms with E-state index in [9.17, 15) is 19.5 Å². The molecule has 1 aromatic rings. The molecule has 0 bridgehead atoms. The zero-order valence-electron chi connectivity index (χ0n) is 12.4. The van der Waals surface area contributed by atoms with Gasteiger partial charge in [-0.25, -0.2) is 0 Å². The Labute approximate surface area is 123 Å². The van der Waals surface area contributed by atoms with Crippen molar-refractivity contribution in [3.8, 4) is 0 Å². The molecular formula is C15H20N2O4. The van der Waals surface area contributed by atoms with Gasteiger partial charge in [-0.1, -0.05) is 30.3 Å². The minimum atomic E-state index is -1.33. The van der Waals surface area contributed by atoms with Crippen molar-refractivity contribution < 1.29 is 19.5 Å². The summed E-state index contributed by atoms with van der Waals surface area (Å²) in [5.41, 5.74) is -0.779. The number of carbonyl (C=O) groups excluding carboxylic acids is 2. The summed E-state index contributed by atoms with van der Waals surface area (Å²) in [5.74, 6) is -1.80. The van der Waals surface area contributed by atoms with E-state index in [1.807, 2.05) is 0 Å². The van der Waals surface area contributed by atoms with E-state index in [0.29, 0.717) is 5.56 Å². The second-order valence-electron chi connectivity index (χ2n) is 5.24. The highest BCUT2D eigenvalue weighted by Crippen LogP contribution is 2.27. The van der Waals surface area contributed by atoms with E-state index in [-0.39, 0.29) is 18.9 Å². The highest BCUT2D eigenvalue weighted by Gasteiger charge is 2.37. The van der Waals surface area contributed by atoms with E-state index in [4.69, 9.17) is 0 Å². The molecule has 1 aromatic carbocycles. The number of rotatable bonds is 6. The summed E-state index contributed by atoms with van der Waals surface area (Å²) in [4.78, 5) is 36.2. The quantitative estimate of drug-likeness (QED) is 0.805. The van der Waals surface area contributed by atoms with Crippen molar-refractivity contribution in [3.63, 3.8) is 0 Å². The fourth-order valence-electron chi connectivity index (χ4n) is 1.82. The first-order valence-electron chi connectivity index (χ1n) is 6.53. The average Bonchev–Trinajstić information content (AvgIpc) is 2.45. The first kappa shape index (κ1) is 16.7. The van der Waals surface area contributed by atoms with Crippen LogP contribution in [-0.4, -0.2) is 48.4 Å². The molecule has 6 heteroatoms. The molecule has 1 rings (SSSR count). The first-order chi connectivity index (χ1) is 9.77. The van der Waals surface area contributed by atoms with Crippen LogP contribution < -0.4 is 5.32 Å². The molecular weight excluding hydrogens is 272 g/mol. The van der Waals surface area contributed by atoms with Gasteiger partial charge in [-0.3, -0.25) is 14.4 Å². The number of aliphatic carboxylic acids is 1. The van der Waals surface area contributed by atoms with Crippen molar-refractivity contribution in [3.05, 3.63) is 35.9 Å². The number of benzene rings is 1. The van der Waals surface area contributed by atoms with E-state index in [1.165, 1.54) is 11.8 Å². The molecule has 2 N–H and O–H groups in total. The summed E-state index contributed by atoms with van der Waals surface area (Å²) in [6.45, 7) is 1.36. The smallest absolute Gasteiger partial charge is 0.314 e. The molecule has 0 saturated heterocycles. The Balaban J connectivity index is 2.78. The number of nitrogens with zero attached hydrogens (tertiary/aromatic N) is 1. The van der Waals surface area contributed by atoms with Gasteiger partial charge in [0.1, 0.15) is 0 Å².